The van der Waals surface area contributed by atoms with Crippen molar-refractivity contribution in [1.82, 2.24) is 0 Å². The number of ketones is 1. The predicted molar refractivity (Wildman–Crippen MR) is 102 cm³/mol. The van der Waals surface area contributed by atoms with E-state index in [1.807, 2.05) is 0 Å². The first-order valence-corrected chi connectivity index (χ1v) is 9.16. The molecule has 0 spiro atoms. The van der Waals surface area contributed by atoms with Crippen LogP contribution in [0.1, 0.15) is 66.7 Å². The second-order valence-corrected chi connectivity index (χ2v) is 6.26. The van der Waals surface area contributed by atoms with E-state index in [1.165, 1.54) is 32.6 Å². The number of benzene rings is 2. The van der Waals surface area contributed by atoms with E-state index in [1.54, 1.807) is 48.5 Å². The van der Waals surface area contributed by atoms with Crippen LogP contribution in [0.25, 0.3) is 0 Å². The number of unbranched alkanes of at least 4 members (excludes halogenated alkanes) is 4. The summed E-state index contributed by atoms with van der Waals surface area (Å²) in [6, 6.07) is 13.5. The van der Waals surface area contributed by atoms with Crippen LogP contribution in [0, 0.1) is 0 Å². The molecule has 138 valence electrons. The van der Waals surface area contributed by atoms with Gasteiger partial charge in [0.15, 0.2) is 5.78 Å². The summed E-state index contributed by atoms with van der Waals surface area (Å²) in [4.78, 5) is 23.4. The van der Waals surface area contributed by atoms with Crippen molar-refractivity contribution in [1.29, 1.82) is 0 Å². The third kappa shape index (κ3) is 6.36. The van der Waals surface area contributed by atoms with Crippen molar-refractivity contribution in [2.75, 3.05) is 6.61 Å². The molecule has 0 amide bonds. The zero-order valence-electron chi connectivity index (χ0n) is 15.5. The van der Waals surface area contributed by atoms with E-state index in [9.17, 15) is 9.59 Å². The number of hydrogen-bond donors (Lipinski definition) is 0. The second-order valence-electron chi connectivity index (χ2n) is 6.26. The maximum Gasteiger partial charge on any atom is 0.343 e. The summed E-state index contributed by atoms with van der Waals surface area (Å²) >= 11 is 0. The fraction of sp³-hybridized carbons (Fsp3) is 0.364. The first-order valence-electron chi connectivity index (χ1n) is 9.16. The molecule has 4 nitrogen and oxygen atoms in total. The van der Waals surface area contributed by atoms with E-state index in [4.69, 9.17) is 9.47 Å². The highest BCUT2D eigenvalue weighted by Gasteiger charge is 2.09. The largest absolute Gasteiger partial charge is 0.494 e. The average Bonchev–Trinajstić information content (AvgIpc) is 2.65. The number of ether oxygens (including phenoxy) is 2. The van der Waals surface area contributed by atoms with Crippen LogP contribution in [0.15, 0.2) is 48.5 Å². The first-order chi connectivity index (χ1) is 12.6. The number of esters is 1. The number of rotatable bonds is 10. The summed E-state index contributed by atoms with van der Waals surface area (Å²) in [6.45, 7) is 4.38. The van der Waals surface area contributed by atoms with Crippen molar-refractivity contribution < 1.29 is 19.1 Å². The Balaban J connectivity index is 1.81. The summed E-state index contributed by atoms with van der Waals surface area (Å²) in [6.07, 6.45) is 5.98. The quantitative estimate of drug-likeness (QED) is 0.246. The fourth-order valence-corrected chi connectivity index (χ4v) is 2.51. The van der Waals surface area contributed by atoms with E-state index < -0.39 is 5.97 Å². The molecule has 0 radical (unpaired) electrons. The van der Waals surface area contributed by atoms with Crippen LogP contribution in [0.4, 0.5) is 0 Å². The van der Waals surface area contributed by atoms with Gasteiger partial charge in [-0.2, -0.15) is 0 Å². The van der Waals surface area contributed by atoms with Gasteiger partial charge in [0.25, 0.3) is 0 Å². The normalized spacial score (nSPS) is 10.4. The van der Waals surface area contributed by atoms with Gasteiger partial charge >= 0.3 is 5.97 Å². The van der Waals surface area contributed by atoms with Crippen LogP contribution in [-0.2, 0) is 0 Å². The lowest BCUT2D eigenvalue weighted by Crippen LogP contribution is -2.08. The van der Waals surface area contributed by atoms with Gasteiger partial charge < -0.3 is 9.47 Å². The number of carbonyl (C=O) groups excluding carboxylic acids is 2. The Kier molecular flexibility index (Phi) is 7.87. The van der Waals surface area contributed by atoms with Gasteiger partial charge in [-0.1, -0.05) is 32.6 Å². The van der Waals surface area contributed by atoms with Gasteiger partial charge in [0.05, 0.1) is 12.2 Å². The molecule has 0 unspecified atom stereocenters. The van der Waals surface area contributed by atoms with Gasteiger partial charge in [-0.25, -0.2) is 4.79 Å². The molecule has 0 saturated heterocycles. The van der Waals surface area contributed by atoms with E-state index in [0.717, 1.165) is 12.2 Å². The van der Waals surface area contributed by atoms with Gasteiger partial charge in [-0.05, 0) is 61.9 Å². The highest BCUT2D eigenvalue weighted by atomic mass is 16.5. The van der Waals surface area contributed by atoms with Crippen molar-refractivity contribution >= 4 is 11.8 Å². The van der Waals surface area contributed by atoms with Crippen molar-refractivity contribution in [3.8, 4) is 11.5 Å². The second kappa shape index (κ2) is 10.4. The molecule has 2 aromatic rings. The minimum atomic E-state index is -0.438. The molecule has 2 rings (SSSR count). The Morgan fingerprint density at radius 1 is 0.769 bits per heavy atom. The van der Waals surface area contributed by atoms with Crippen molar-refractivity contribution in [2.45, 2.75) is 46.0 Å². The molecular weight excluding hydrogens is 328 g/mol. The molecule has 2 aromatic carbocycles. The lowest BCUT2D eigenvalue weighted by molar-refractivity contribution is 0.0734. The van der Waals surface area contributed by atoms with E-state index in [-0.39, 0.29) is 5.78 Å². The monoisotopic (exact) mass is 354 g/mol. The number of carbonyl (C=O) groups is 2. The Labute approximate surface area is 155 Å². The molecule has 0 N–H and O–H groups in total. The predicted octanol–water partition coefficient (Wildman–Crippen LogP) is 5.46. The molecule has 0 fully saturated rings. The Morgan fingerprint density at radius 2 is 1.35 bits per heavy atom. The van der Waals surface area contributed by atoms with Gasteiger partial charge in [0.1, 0.15) is 11.5 Å². The lowest BCUT2D eigenvalue weighted by Gasteiger charge is -2.08. The molecule has 0 heterocycles. The summed E-state index contributed by atoms with van der Waals surface area (Å²) in [5, 5.41) is 0. The molecular formula is C22H26O4. The van der Waals surface area contributed by atoms with Gasteiger partial charge in [-0.3, -0.25) is 4.79 Å². The lowest BCUT2D eigenvalue weighted by atomic mass is 10.1. The van der Waals surface area contributed by atoms with Gasteiger partial charge in [0, 0.05) is 5.56 Å². The highest BCUT2D eigenvalue weighted by molar-refractivity contribution is 5.94. The van der Waals surface area contributed by atoms with Crippen molar-refractivity contribution in [2.24, 2.45) is 0 Å². The summed E-state index contributed by atoms with van der Waals surface area (Å²) < 4.78 is 11.0. The van der Waals surface area contributed by atoms with E-state index in [2.05, 4.69) is 6.92 Å². The van der Waals surface area contributed by atoms with Crippen LogP contribution in [0.3, 0.4) is 0 Å². The Hall–Kier alpha value is -2.62. The van der Waals surface area contributed by atoms with Crippen LogP contribution in [0.2, 0.25) is 0 Å². The third-order valence-corrected chi connectivity index (χ3v) is 4.08. The molecule has 0 aliphatic rings. The topological polar surface area (TPSA) is 52.6 Å². The zero-order valence-corrected chi connectivity index (χ0v) is 15.5. The van der Waals surface area contributed by atoms with Gasteiger partial charge in [0.2, 0.25) is 0 Å². The van der Waals surface area contributed by atoms with E-state index in [0.29, 0.717) is 23.5 Å². The number of Topliss-reactive ketones (excluding diaryl/α,β-unsaturated/α-hetero) is 1. The van der Waals surface area contributed by atoms with Crippen LogP contribution < -0.4 is 9.47 Å². The SMILES string of the molecule is CCCCCCCOc1ccc(C(=O)Oc2ccc(C(C)=O)cc2)cc1. The highest BCUT2D eigenvalue weighted by Crippen LogP contribution is 2.17. The molecule has 0 atom stereocenters. The van der Waals surface area contributed by atoms with Crippen molar-refractivity contribution in [3.63, 3.8) is 0 Å². The summed E-state index contributed by atoms with van der Waals surface area (Å²) in [7, 11) is 0. The molecule has 26 heavy (non-hydrogen) atoms. The first kappa shape index (κ1) is 19.7. The van der Waals surface area contributed by atoms with Crippen LogP contribution in [0.5, 0.6) is 11.5 Å². The average molecular weight is 354 g/mol. The Morgan fingerprint density at radius 3 is 1.96 bits per heavy atom. The van der Waals surface area contributed by atoms with Crippen molar-refractivity contribution in [3.05, 3.63) is 59.7 Å². The summed E-state index contributed by atoms with van der Waals surface area (Å²) in [5.74, 6) is 0.700. The minimum Gasteiger partial charge on any atom is -0.494 e. The maximum absolute atomic E-state index is 12.2. The molecule has 0 saturated carbocycles. The molecule has 0 bridgehead atoms. The van der Waals surface area contributed by atoms with Crippen LogP contribution in [-0.4, -0.2) is 18.4 Å². The van der Waals surface area contributed by atoms with Gasteiger partial charge in [-0.15, -0.1) is 0 Å². The number of hydrogen-bond acceptors (Lipinski definition) is 4. The Bertz CT molecular complexity index is 702. The fourth-order valence-electron chi connectivity index (χ4n) is 2.51. The molecule has 4 heteroatoms. The zero-order chi connectivity index (χ0) is 18.8. The third-order valence-electron chi connectivity index (χ3n) is 4.08. The smallest absolute Gasteiger partial charge is 0.343 e. The standard InChI is InChI=1S/C22H26O4/c1-3-4-5-6-7-16-25-20-12-10-19(11-13-20)22(24)26-21-14-8-18(9-15-21)17(2)23/h8-15H,3-7,16H2,1-2H3. The molecule has 0 aliphatic heterocycles. The maximum atomic E-state index is 12.2. The molecule has 0 aromatic heterocycles. The van der Waals surface area contributed by atoms with Crippen LogP contribution >= 0.6 is 0 Å². The minimum absolute atomic E-state index is 0.0242. The summed E-state index contributed by atoms with van der Waals surface area (Å²) in [5.41, 5.74) is 1.04. The van der Waals surface area contributed by atoms with E-state index >= 15 is 0 Å². The molecule has 0 aliphatic carbocycles.